The van der Waals surface area contributed by atoms with Crippen LogP contribution < -0.4 is 10.2 Å². The van der Waals surface area contributed by atoms with Crippen LogP contribution in [0.4, 0.5) is 13.2 Å². The molecule has 1 N–H and O–H groups in total. The molecule has 0 unspecified atom stereocenters. The molecule has 0 aliphatic heterocycles. The number of rotatable bonds is 3. The molecule has 20 heavy (non-hydrogen) atoms. The van der Waals surface area contributed by atoms with Crippen molar-refractivity contribution in [2.24, 2.45) is 0 Å². The Bertz CT molecular complexity index is 692. The Hall–Kier alpha value is -2.05. The summed E-state index contributed by atoms with van der Waals surface area (Å²) in [5, 5.41) is 0. The molecule has 0 saturated carbocycles. The van der Waals surface area contributed by atoms with Gasteiger partial charge in [-0.05, 0) is 19.4 Å². The summed E-state index contributed by atoms with van der Waals surface area (Å²) in [6, 6.07) is 2.80. The van der Waals surface area contributed by atoms with E-state index in [1.807, 2.05) is 6.92 Å². The monoisotopic (exact) mass is 286 g/mol. The molecule has 0 atom stereocenters. The van der Waals surface area contributed by atoms with Gasteiger partial charge in [0.1, 0.15) is 5.52 Å². The first kappa shape index (κ1) is 14.4. The molecule has 0 bridgehead atoms. The summed E-state index contributed by atoms with van der Waals surface area (Å²) in [6.07, 6.45) is -3.78. The van der Waals surface area contributed by atoms with E-state index in [1.165, 1.54) is 12.1 Å². The first-order chi connectivity index (χ1) is 9.31. The number of halogens is 3. The van der Waals surface area contributed by atoms with Crippen LogP contribution in [0.15, 0.2) is 16.9 Å². The fourth-order valence-corrected chi connectivity index (χ4v) is 1.88. The minimum atomic E-state index is -4.44. The summed E-state index contributed by atoms with van der Waals surface area (Å²) in [6.45, 7) is 2.12. The molecular formula is C13H13F3N2O2. The number of H-pyrrole nitrogens is 1. The largest absolute Gasteiger partial charge is 0.468 e. The number of nitrogens with one attached hydrogen (secondary N) is 1. The zero-order valence-corrected chi connectivity index (χ0v) is 11.0. The molecule has 0 aliphatic carbocycles. The summed E-state index contributed by atoms with van der Waals surface area (Å²) < 4.78 is 40.8. The SMILES string of the molecule is CCc1[nH]c2ccc(OCC(F)(F)F)nc2c(=O)c1C. The fourth-order valence-electron chi connectivity index (χ4n) is 1.88. The van der Waals surface area contributed by atoms with Gasteiger partial charge < -0.3 is 9.72 Å². The molecule has 2 heterocycles. The maximum absolute atomic E-state index is 12.1. The number of pyridine rings is 2. The standard InChI is InChI=1S/C13H13F3N2O2/c1-3-8-7(2)12(19)11-9(17-8)4-5-10(18-11)20-6-13(14,15)16/h4-5H,3,6H2,1-2H3,(H,17,19). The molecule has 0 amide bonds. The van der Waals surface area contributed by atoms with Crippen LogP contribution in [-0.2, 0) is 6.42 Å². The molecule has 0 radical (unpaired) electrons. The van der Waals surface area contributed by atoms with Crippen molar-refractivity contribution in [1.82, 2.24) is 9.97 Å². The van der Waals surface area contributed by atoms with Crippen LogP contribution in [0.3, 0.4) is 0 Å². The van der Waals surface area contributed by atoms with Gasteiger partial charge in [-0.1, -0.05) is 6.92 Å². The van der Waals surface area contributed by atoms with Gasteiger partial charge in [0.25, 0.3) is 0 Å². The lowest BCUT2D eigenvalue weighted by Crippen LogP contribution is -2.20. The highest BCUT2D eigenvalue weighted by Gasteiger charge is 2.28. The fraction of sp³-hybridized carbons (Fsp3) is 0.385. The average molecular weight is 286 g/mol. The number of aryl methyl sites for hydroxylation is 1. The summed E-state index contributed by atoms with van der Waals surface area (Å²) in [7, 11) is 0. The molecule has 108 valence electrons. The second-order valence-electron chi connectivity index (χ2n) is 4.36. The van der Waals surface area contributed by atoms with Gasteiger partial charge in [0.05, 0.1) is 5.52 Å². The predicted octanol–water partition coefficient (Wildman–Crippen LogP) is 2.74. The molecular weight excluding hydrogens is 273 g/mol. The highest BCUT2D eigenvalue weighted by Crippen LogP contribution is 2.19. The van der Waals surface area contributed by atoms with Gasteiger partial charge in [0.2, 0.25) is 11.3 Å². The van der Waals surface area contributed by atoms with Gasteiger partial charge in [-0.2, -0.15) is 13.2 Å². The van der Waals surface area contributed by atoms with Crippen molar-refractivity contribution in [3.63, 3.8) is 0 Å². The van der Waals surface area contributed by atoms with Crippen LogP contribution in [-0.4, -0.2) is 22.8 Å². The molecule has 0 spiro atoms. The third-order valence-electron chi connectivity index (χ3n) is 2.90. The number of fused-ring (bicyclic) bond motifs is 1. The number of ether oxygens (including phenoxy) is 1. The number of hydrogen-bond donors (Lipinski definition) is 1. The Kier molecular flexibility index (Phi) is 3.69. The van der Waals surface area contributed by atoms with Gasteiger partial charge in [0, 0.05) is 17.3 Å². The highest BCUT2D eigenvalue weighted by molar-refractivity contribution is 5.75. The van der Waals surface area contributed by atoms with Gasteiger partial charge in [-0.3, -0.25) is 4.79 Å². The second-order valence-corrected chi connectivity index (χ2v) is 4.36. The lowest BCUT2D eigenvalue weighted by Gasteiger charge is -2.10. The van der Waals surface area contributed by atoms with Crippen LogP contribution in [0.25, 0.3) is 11.0 Å². The van der Waals surface area contributed by atoms with Crippen molar-refractivity contribution in [2.75, 3.05) is 6.61 Å². The summed E-state index contributed by atoms with van der Waals surface area (Å²) in [4.78, 5) is 19.0. The average Bonchev–Trinajstić information content (AvgIpc) is 2.40. The van der Waals surface area contributed by atoms with Gasteiger partial charge in [-0.15, -0.1) is 0 Å². The van der Waals surface area contributed by atoms with Crippen LogP contribution in [0.2, 0.25) is 0 Å². The van der Waals surface area contributed by atoms with Crippen LogP contribution in [0.1, 0.15) is 18.2 Å². The van der Waals surface area contributed by atoms with Crippen molar-refractivity contribution in [1.29, 1.82) is 0 Å². The first-order valence-electron chi connectivity index (χ1n) is 6.04. The molecule has 0 aromatic carbocycles. The van der Waals surface area contributed by atoms with E-state index in [-0.39, 0.29) is 16.8 Å². The van der Waals surface area contributed by atoms with Crippen molar-refractivity contribution in [3.05, 3.63) is 33.6 Å². The number of alkyl halides is 3. The topological polar surface area (TPSA) is 55.0 Å². The minimum absolute atomic E-state index is 0.0828. The Balaban J connectivity index is 2.44. The van der Waals surface area contributed by atoms with Crippen molar-refractivity contribution in [2.45, 2.75) is 26.4 Å². The van der Waals surface area contributed by atoms with Gasteiger partial charge in [0.15, 0.2) is 6.61 Å². The van der Waals surface area contributed by atoms with Crippen molar-refractivity contribution >= 4 is 11.0 Å². The van der Waals surface area contributed by atoms with E-state index in [1.54, 1.807) is 6.92 Å². The quantitative estimate of drug-likeness (QED) is 0.944. The van der Waals surface area contributed by atoms with Crippen molar-refractivity contribution < 1.29 is 17.9 Å². The zero-order valence-electron chi connectivity index (χ0n) is 11.0. The van der Waals surface area contributed by atoms with E-state index in [0.717, 1.165) is 5.69 Å². The van der Waals surface area contributed by atoms with Gasteiger partial charge >= 0.3 is 6.18 Å². The minimum Gasteiger partial charge on any atom is -0.468 e. The Morgan fingerprint density at radius 3 is 2.65 bits per heavy atom. The van der Waals surface area contributed by atoms with E-state index >= 15 is 0 Å². The molecule has 0 fully saturated rings. The van der Waals surface area contributed by atoms with E-state index in [0.29, 0.717) is 17.5 Å². The molecule has 2 aromatic rings. The summed E-state index contributed by atoms with van der Waals surface area (Å²) in [5.41, 5.74) is 1.57. The maximum Gasteiger partial charge on any atom is 0.422 e. The second kappa shape index (κ2) is 5.15. The summed E-state index contributed by atoms with van der Waals surface area (Å²) >= 11 is 0. The number of aromatic nitrogens is 2. The first-order valence-corrected chi connectivity index (χ1v) is 6.04. The van der Waals surface area contributed by atoms with E-state index in [2.05, 4.69) is 14.7 Å². The number of nitrogens with zero attached hydrogens (tertiary/aromatic N) is 1. The molecule has 4 nitrogen and oxygen atoms in total. The zero-order chi connectivity index (χ0) is 14.9. The Morgan fingerprint density at radius 1 is 1.35 bits per heavy atom. The maximum atomic E-state index is 12.1. The van der Waals surface area contributed by atoms with E-state index < -0.39 is 12.8 Å². The Morgan fingerprint density at radius 2 is 2.05 bits per heavy atom. The number of aromatic amines is 1. The molecule has 2 aromatic heterocycles. The van der Waals surface area contributed by atoms with Crippen molar-refractivity contribution in [3.8, 4) is 5.88 Å². The lowest BCUT2D eigenvalue weighted by molar-refractivity contribution is -0.154. The van der Waals surface area contributed by atoms with Crippen LogP contribution in [0, 0.1) is 6.92 Å². The van der Waals surface area contributed by atoms with Gasteiger partial charge in [-0.25, -0.2) is 4.98 Å². The van der Waals surface area contributed by atoms with E-state index in [4.69, 9.17) is 0 Å². The van der Waals surface area contributed by atoms with E-state index in [9.17, 15) is 18.0 Å². The molecule has 0 aliphatic rings. The molecule has 0 saturated heterocycles. The smallest absolute Gasteiger partial charge is 0.422 e. The normalized spacial score (nSPS) is 11.8. The number of hydrogen-bond acceptors (Lipinski definition) is 3. The highest BCUT2D eigenvalue weighted by atomic mass is 19.4. The molecule has 7 heteroatoms. The lowest BCUT2D eigenvalue weighted by atomic mass is 10.1. The third-order valence-corrected chi connectivity index (χ3v) is 2.90. The van der Waals surface area contributed by atoms with Crippen LogP contribution in [0.5, 0.6) is 5.88 Å². The molecule has 2 rings (SSSR count). The third kappa shape index (κ3) is 2.92. The van der Waals surface area contributed by atoms with Crippen LogP contribution >= 0.6 is 0 Å². The predicted molar refractivity (Wildman–Crippen MR) is 68.0 cm³/mol. The Labute approximate surface area is 112 Å². The summed E-state index contributed by atoms with van der Waals surface area (Å²) in [5.74, 6) is -0.219.